The third kappa shape index (κ3) is 4.47. The van der Waals surface area contributed by atoms with E-state index in [9.17, 15) is 4.79 Å². The van der Waals surface area contributed by atoms with Crippen LogP contribution in [0, 0.1) is 6.92 Å². The number of thiazole rings is 1. The minimum atomic E-state index is -0.351. The van der Waals surface area contributed by atoms with Crippen molar-refractivity contribution in [3.8, 4) is 22.0 Å². The van der Waals surface area contributed by atoms with Gasteiger partial charge in [-0.2, -0.15) is 0 Å². The molecule has 0 aliphatic heterocycles. The Bertz CT molecular complexity index is 1210. The minimum Gasteiger partial charge on any atom is -0.469 e. The fourth-order valence-electron chi connectivity index (χ4n) is 3.02. The topological polar surface area (TPSA) is 83.0 Å². The van der Waals surface area contributed by atoms with Crippen molar-refractivity contribution in [3.05, 3.63) is 71.6 Å². The summed E-state index contributed by atoms with van der Waals surface area (Å²) < 4.78 is 12.2. The number of aryl methyl sites for hydroxylation is 1. The Kier molecular flexibility index (Phi) is 6.34. The molecule has 158 valence electrons. The summed E-state index contributed by atoms with van der Waals surface area (Å²) >= 11 is 3.14. The molecule has 4 aromatic rings. The molecule has 0 saturated carbocycles. The Hall–Kier alpha value is -3.17. The van der Waals surface area contributed by atoms with Crippen molar-refractivity contribution in [2.75, 3.05) is 7.11 Å². The smallest absolute Gasteiger partial charge is 0.337 e. The Morgan fingerprint density at radius 2 is 2.10 bits per heavy atom. The molecule has 0 fully saturated rings. The average Bonchev–Trinajstić information content (AvgIpc) is 3.52. The lowest BCUT2D eigenvalue weighted by atomic mass is 10.1. The summed E-state index contributed by atoms with van der Waals surface area (Å²) in [6.07, 6.45) is 3.48. The van der Waals surface area contributed by atoms with Crippen molar-refractivity contribution in [3.63, 3.8) is 0 Å². The molecule has 0 saturated heterocycles. The van der Waals surface area contributed by atoms with E-state index in [0.29, 0.717) is 17.9 Å². The van der Waals surface area contributed by atoms with Crippen molar-refractivity contribution in [1.29, 1.82) is 0 Å². The van der Waals surface area contributed by atoms with Gasteiger partial charge >= 0.3 is 5.97 Å². The van der Waals surface area contributed by atoms with Gasteiger partial charge in [0.1, 0.15) is 10.8 Å². The highest BCUT2D eigenvalue weighted by Gasteiger charge is 2.17. The minimum absolute atomic E-state index is 0.351. The lowest BCUT2D eigenvalue weighted by molar-refractivity contribution is 0.0600. The Morgan fingerprint density at radius 1 is 1.29 bits per heavy atom. The molecule has 3 aromatic heterocycles. The van der Waals surface area contributed by atoms with Crippen LogP contribution in [-0.4, -0.2) is 32.8 Å². The maximum Gasteiger partial charge on any atom is 0.337 e. The molecule has 0 amide bonds. The first-order chi connectivity index (χ1) is 15.1. The highest BCUT2D eigenvalue weighted by molar-refractivity contribution is 7.98. The predicted molar refractivity (Wildman–Crippen MR) is 121 cm³/mol. The molecule has 0 bridgehead atoms. The highest BCUT2D eigenvalue weighted by Crippen LogP contribution is 2.30. The Labute approximate surface area is 187 Å². The molecule has 3 heterocycles. The van der Waals surface area contributed by atoms with E-state index in [-0.39, 0.29) is 5.97 Å². The van der Waals surface area contributed by atoms with Gasteiger partial charge < -0.3 is 9.15 Å². The van der Waals surface area contributed by atoms with Gasteiger partial charge in [-0.15, -0.1) is 28.1 Å². The number of hydrogen-bond donors (Lipinski definition) is 0. The van der Waals surface area contributed by atoms with Crippen molar-refractivity contribution in [1.82, 2.24) is 19.7 Å². The first-order valence-electron chi connectivity index (χ1n) is 9.45. The number of esters is 1. The summed E-state index contributed by atoms with van der Waals surface area (Å²) in [6.45, 7) is 6.36. The van der Waals surface area contributed by atoms with Crippen LogP contribution in [0.1, 0.15) is 21.8 Å². The van der Waals surface area contributed by atoms with Gasteiger partial charge in [-0.25, -0.2) is 9.78 Å². The van der Waals surface area contributed by atoms with Crippen LogP contribution >= 0.6 is 23.1 Å². The van der Waals surface area contributed by atoms with Crippen LogP contribution in [0.25, 0.3) is 22.0 Å². The van der Waals surface area contributed by atoms with Crippen molar-refractivity contribution in [2.24, 2.45) is 0 Å². The van der Waals surface area contributed by atoms with E-state index >= 15 is 0 Å². The third-order valence-electron chi connectivity index (χ3n) is 4.58. The highest BCUT2D eigenvalue weighted by atomic mass is 32.2. The zero-order valence-corrected chi connectivity index (χ0v) is 18.7. The quantitative estimate of drug-likeness (QED) is 0.205. The number of rotatable bonds is 8. The normalized spacial score (nSPS) is 10.9. The second-order valence-electron chi connectivity index (χ2n) is 6.60. The summed E-state index contributed by atoms with van der Waals surface area (Å²) in [5.41, 5.74) is 3.36. The average molecular weight is 453 g/mol. The summed E-state index contributed by atoms with van der Waals surface area (Å²) in [6, 6.07) is 9.14. The molecule has 0 atom stereocenters. The molecule has 0 unspecified atom stereocenters. The third-order valence-corrected chi connectivity index (χ3v) is 6.52. The van der Waals surface area contributed by atoms with E-state index in [1.54, 1.807) is 41.5 Å². The number of carbonyl (C=O) groups is 1. The number of aromatic nitrogens is 4. The number of allylic oxidation sites excluding steroid dienone is 1. The van der Waals surface area contributed by atoms with Crippen LogP contribution in [0.3, 0.4) is 0 Å². The molecule has 31 heavy (non-hydrogen) atoms. The maximum atomic E-state index is 11.6. The standard InChI is InChI=1S/C22H20N4O3S2/c1-4-10-26-19(18-9-11-29-14(18)2)24-25-22(26)31-13-17-12-30-20(23-17)15-5-7-16(8-6-15)21(27)28-3/h4-9,11-12H,1,10,13H2,2-3H3. The van der Waals surface area contributed by atoms with Gasteiger partial charge in [-0.3, -0.25) is 4.57 Å². The van der Waals surface area contributed by atoms with Crippen LogP contribution in [0.5, 0.6) is 0 Å². The molecule has 1 aromatic carbocycles. The molecular weight excluding hydrogens is 432 g/mol. The zero-order valence-electron chi connectivity index (χ0n) is 17.1. The van der Waals surface area contributed by atoms with Gasteiger partial charge in [-0.05, 0) is 25.1 Å². The first kappa shape index (κ1) is 21.1. The van der Waals surface area contributed by atoms with E-state index < -0.39 is 0 Å². The van der Waals surface area contributed by atoms with Gasteiger partial charge in [0.25, 0.3) is 0 Å². The number of hydrogen-bond acceptors (Lipinski definition) is 8. The molecule has 0 aliphatic rings. The van der Waals surface area contributed by atoms with Crippen LogP contribution in [-0.2, 0) is 17.0 Å². The van der Waals surface area contributed by atoms with Gasteiger partial charge in [0.15, 0.2) is 11.0 Å². The monoisotopic (exact) mass is 452 g/mol. The number of ether oxygens (including phenoxy) is 1. The molecule has 0 radical (unpaired) electrons. The second-order valence-corrected chi connectivity index (χ2v) is 8.40. The number of thioether (sulfide) groups is 1. The molecule has 0 spiro atoms. The van der Waals surface area contributed by atoms with Gasteiger partial charge in [0.05, 0.1) is 30.2 Å². The lowest BCUT2D eigenvalue weighted by Crippen LogP contribution is -2.01. The van der Waals surface area contributed by atoms with E-state index in [1.165, 1.54) is 7.11 Å². The fraction of sp³-hybridized carbons (Fsp3) is 0.182. The fourth-order valence-corrected chi connectivity index (χ4v) is 4.79. The molecular formula is C22H20N4O3S2. The SMILES string of the molecule is C=CCn1c(SCc2csc(-c3ccc(C(=O)OC)cc3)n2)nnc1-c1ccoc1C. The molecule has 4 rings (SSSR count). The van der Waals surface area contributed by atoms with Gasteiger partial charge in [-0.1, -0.05) is 30.0 Å². The number of benzene rings is 1. The van der Waals surface area contributed by atoms with Crippen molar-refractivity contribution < 1.29 is 13.9 Å². The molecule has 0 aliphatic carbocycles. The molecule has 9 heteroatoms. The summed E-state index contributed by atoms with van der Waals surface area (Å²) in [4.78, 5) is 16.3. The predicted octanol–water partition coefficient (Wildman–Crippen LogP) is 5.23. The summed E-state index contributed by atoms with van der Waals surface area (Å²) in [7, 11) is 1.37. The van der Waals surface area contributed by atoms with E-state index in [2.05, 4.69) is 16.8 Å². The van der Waals surface area contributed by atoms with Gasteiger partial charge in [0, 0.05) is 23.2 Å². The van der Waals surface area contributed by atoms with Crippen molar-refractivity contribution >= 4 is 29.1 Å². The number of carbonyl (C=O) groups excluding carboxylic acids is 1. The summed E-state index contributed by atoms with van der Waals surface area (Å²) in [5.74, 6) is 1.88. The van der Waals surface area contributed by atoms with Crippen molar-refractivity contribution in [2.45, 2.75) is 24.4 Å². The largest absolute Gasteiger partial charge is 0.469 e. The van der Waals surface area contributed by atoms with Crippen LogP contribution in [0.2, 0.25) is 0 Å². The van der Waals surface area contributed by atoms with Crippen LogP contribution in [0.4, 0.5) is 0 Å². The molecule has 7 nitrogen and oxygen atoms in total. The van der Waals surface area contributed by atoms with E-state index in [0.717, 1.165) is 38.6 Å². The first-order valence-corrected chi connectivity index (χ1v) is 11.3. The number of furan rings is 1. The van der Waals surface area contributed by atoms with Gasteiger partial charge in [0.2, 0.25) is 0 Å². The van der Waals surface area contributed by atoms with Crippen LogP contribution < -0.4 is 0 Å². The Morgan fingerprint density at radius 3 is 2.77 bits per heavy atom. The summed E-state index contributed by atoms with van der Waals surface area (Å²) in [5, 5.41) is 12.5. The zero-order chi connectivity index (χ0) is 21.8. The Balaban J connectivity index is 1.49. The van der Waals surface area contributed by atoms with E-state index in [1.807, 2.05) is 41.1 Å². The van der Waals surface area contributed by atoms with E-state index in [4.69, 9.17) is 14.1 Å². The molecule has 0 N–H and O–H groups in total. The number of nitrogens with zero attached hydrogens (tertiary/aromatic N) is 4. The maximum absolute atomic E-state index is 11.6. The second kappa shape index (κ2) is 9.32. The lowest BCUT2D eigenvalue weighted by Gasteiger charge is -2.06. The number of methoxy groups -OCH3 is 1. The van der Waals surface area contributed by atoms with Crippen LogP contribution in [0.15, 0.2) is 64.2 Å².